The third kappa shape index (κ3) is 5.88. The van der Waals surface area contributed by atoms with Crippen molar-refractivity contribution in [2.45, 2.75) is 57.7 Å². The van der Waals surface area contributed by atoms with Gasteiger partial charge in [0.05, 0.1) is 6.10 Å². The van der Waals surface area contributed by atoms with Gasteiger partial charge in [0.2, 0.25) is 5.91 Å². The molecule has 116 valence electrons. The zero-order chi connectivity index (χ0) is 15.0. The minimum atomic E-state index is -0.764. The molecular formula is C14H26N2O4. The number of ether oxygens (including phenoxy) is 1. The zero-order valence-electron chi connectivity index (χ0n) is 12.1. The molecule has 20 heavy (non-hydrogen) atoms. The predicted molar refractivity (Wildman–Crippen MR) is 75.2 cm³/mol. The van der Waals surface area contributed by atoms with E-state index in [4.69, 9.17) is 15.6 Å². The average Bonchev–Trinajstić information content (AvgIpc) is 2.91. The topological polar surface area (TPSA) is 102 Å². The predicted octanol–water partition coefficient (Wildman–Crippen LogP) is 0.890. The number of carbonyl (C=O) groups is 2. The molecule has 6 heteroatoms. The molecule has 0 saturated carbocycles. The second kappa shape index (κ2) is 8.92. The van der Waals surface area contributed by atoms with Crippen LogP contribution >= 0.6 is 0 Å². The van der Waals surface area contributed by atoms with Gasteiger partial charge >= 0.3 is 5.97 Å². The van der Waals surface area contributed by atoms with Gasteiger partial charge in [-0.3, -0.25) is 9.59 Å². The molecule has 1 fully saturated rings. The van der Waals surface area contributed by atoms with E-state index >= 15 is 0 Å². The van der Waals surface area contributed by atoms with Crippen LogP contribution in [-0.4, -0.2) is 42.3 Å². The Balaban J connectivity index is 2.18. The van der Waals surface area contributed by atoms with Crippen molar-refractivity contribution < 1.29 is 19.4 Å². The summed E-state index contributed by atoms with van der Waals surface area (Å²) in [6, 6.07) is 0. The Morgan fingerprint density at radius 1 is 1.40 bits per heavy atom. The van der Waals surface area contributed by atoms with Crippen LogP contribution in [0.4, 0.5) is 0 Å². The number of nitrogens with two attached hydrogens (primary N) is 1. The second-order valence-corrected chi connectivity index (χ2v) is 5.35. The van der Waals surface area contributed by atoms with E-state index in [0.717, 1.165) is 25.7 Å². The van der Waals surface area contributed by atoms with Crippen molar-refractivity contribution in [3.63, 3.8) is 0 Å². The molecule has 1 heterocycles. The summed E-state index contributed by atoms with van der Waals surface area (Å²) in [5.41, 5.74) is 5.51. The van der Waals surface area contributed by atoms with Crippen molar-refractivity contribution in [2.75, 3.05) is 13.1 Å². The summed E-state index contributed by atoms with van der Waals surface area (Å²) in [7, 11) is 0. The molecule has 0 aliphatic carbocycles. The molecule has 0 aromatic rings. The lowest BCUT2D eigenvalue weighted by atomic mass is 9.96. The van der Waals surface area contributed by atoms with Crippen molar-refractivity contribution in [2.24, 2.45) is 11.7 Å². The fourth-order valence-electron chi connectivity index (χ4n) is 2.47. The van der Waals surface area contributed by atoms with E-state index in [0.29, 0.717) is 25.4 Å². The second-order valence-electron chi connectivity index (χ2n) is 5.35. The van der Waals surface area contributed by atoms with Gasteiger partial charge in [0.15, 0.2) is 0 Å². The van der Waals surface area contributed by atoms with Gasteiger partial charge in [-0.2, -0.15) is 0 Å². The van der Waals surface area contributed by atoms with Crippen molar-refractivity contribution in [1.82, 2.24) is 5.32 Å². The lowest BCUT2D eigenvalue weighted by Crippen LogP contribution is -2.36. The zero-order valence-corrected chi connectivity index (χ0v) is 12.1. The van der Waals surface area contributed by atoms with Crippen molar-refractivity contribution >= 4 is 11.9 Å². The van der Waals surface area contributed by atoms with Crippen molar-refractivity contribution in [1.29, 1.82) is 0 Å². The van der Waals surface area contributed by atoms with E-state index in [2.05, 4.69) is 5.32 Å². The maximum absolute atomic E-state index is 11.9. The van der Waals surface area contributed by atoms with Crippen LogP contribution in [0.15, 0.2) is 0 Å². The summed E-state index contributed by atoms with van der Waals surface area (Å²) in [5.74, 6) is -0.499. The molecule has 1 rings (SSSR count). The molecule has 3 atom stereocenters. The van der Waals surface area contributed by atoms with E-state index in [-0.39, 0.29) is 24.5 Å². The number of carboxylic acids is 1. The number of carbonyl (C=O) groups excluding carboxylic acids is 1. The molecule has 1 amide bonds. The van der Waals surface area contributed by atoms with Gasteiger partial charge in [-0.1, -0.05) is 13.3 Å². The largest absolute Gasteiger partial charge is 0.481 e. The van der Waals surface area contributed by atoms with Gasteiger partial charge in [0.1, 0.15) is 6.10 Å². The first-order valence-electron chi connectivity index (χ1n) is 7.41. The standard InChI is InChI=1S/C14H26N2O4/c1-2-10(3-6-13(17)18)7-8-16-14(19)12-5-4-11(9-15)20-12/h10-12H,2-9,15H2,1H3,(H,16,19)(H,17,18). The fourth-order valence-corrected chi connectivity index (χ4v) is 2.47. The summed E-state index contributed by atoms with van der Waals surface area (Å²) in [4.78, 5) is 22.4. The maximum atomic E-state index is 11.9. The van der Waals surface area contributed by atoms with Crippen LogP contribution in [0, 0.1) is 5.92 Å². The highest BCUT2D eigenvalue weighted by molar-refractivity contribution is 5.80. The SMILES string of the molecule is CCC(CCNC(=O)C1CCC(CN)O1)CCC(=O)O. The number of aliphatic carboxylic acids is 1. The van der Waals surface area contributed by atoms with Gasteiger partial charge in [0, 0.05) is 19.5 Å². The number of hydrogen-bond donors (Lipinski definition) is 3. The van der Waals surface area contributed by atoms with Gasteiger partial charge in [-0.25, -0.2) is 0 Å². The smallest absolute Gasteiger partial charge is 0.303 e. The summed E-state index contributed by atoms with van der Waals surface area (Å²) in [5, 5.41) is 11.5. The minimum Gasteiger partial charge on any atom is -0.481 e. The Morgan fingerprint density at radius 2 is 2.15 bits per heavy atom. The molecule has 0 aromatic heterocycles. The van der Waals surface area contributed by atoms with Gasteiger partial charge < -0.3 is 20.9 Å². The van der Waals surface area contributed by atoms with Crippen molar-refractivity contribution in [3.05, 3.63) is 0 Å². The first-order chi connectivity index (χ1) is 9.56. The van der Waals surface area contributed by atoms with Crippen LogP contribution in [-0.2, 0) is 14.3 Å². The molecule has 0 spiro atoms. The Hall–Kier alpha value is -1.14. The van der Waals surface area contributed by atoms with Gasteiger partial charge in [-0.15, -0.1) is 0 Å². The maximum Gasteiger partial charge on any atom is 0.303 e. The monoisotopic (exact) mass is 286 g/mol. The lowest BCUT2D eigenvalue weighted by molar-refractivity contribution is -0.137. The van der Waals surface area contributed by atoms with E-state index in [1.54, 1.807) is 0 Å². The molecule has 6 nitrogen and oxygen atoms in total. The number of rotatable bonds is 9. The Morgan fingerprint density at radius 3 is 2.70 bits per heavy atom. The Kier molecular flexibility index (Phi) is 7.54. The molecule has 3 unspecified atom stereocenters. The molecule has 1 aliphatic heterocycles. The normalized spacial score (nSPS) is 23.5. The van der Waals surface area contributed by atoms with Crippen molar-refractivity contribution in [3.8, 4) is 0 Å². The number of carboxylic acid groups (broad SMARTS) is 1. The molecule has 0 bridgehead atoms. The number of nitrogens with one attached hydrogen (secondary N) is 1. The van der Waals surface area contributed by atoms with E-state index < -0.39 is 5.97 Å². The summed E-state index contributed by atoms with van der Waals surface area (Å²) in [6.07, 6.45) is 3.79. The minimum absolute atomic E-state index is 0.00436. The van der Waals surface area contributed by atoms with E-state index in [1.807, 2.05) is 6.92 Å². The van der Waals surface area contributed by atoms with Gasteiger partial charge in [-0.05, 0) is 31.6 Å². The number of amides is 1. The molecule has 0 radical (unpaired) electrons. The van der Waals surface area contributed by atoms with Crippen LogP contribution in [0.3, 0.4) is 0 Å². The van der Waals surface area contributed by atoms with Crippen LogP contribution in [0.25, 0.3) is 0 Å². The molecule has 4 N–H and O–H groups in total. The van der Waals surface area contributed by atoms with Crippen LogP contribution in [0.5, 0.6) is 0 Å². The van der Waals surface area contributed by atoms with E-state index in [9.17, 15) is 9.59 Å². The van der Waals surface area contributed by atoms with Crippen LogP contribution in [0.2, 0.25) is 0 Å². The summed E-state index contributed by atoms with van der Waals surface area (Å²) < 4.78 is 5.52. The summed E-state index contributed by atoms with van der Waals surface area (Å²) in [6.45, 7) is 3.07. The fraction of sp³-hybridized carbons (Fsp3) is 0.857. The first-order valence-corrected chi connectivity index (χ1v) is 7.41. The van der Waals surface area contributed by atoms with Gasteiger partial charge in [0.25, 0.3) is 0 Å². The Labute approximate surface area is 120 Å². The third-order valence-electron chi connectivity index (χ3n) is 3.86. The van der Waals surface area contributed by atoms with Crippen LogP contribution < -0.4 is 11.1 Å². The average molecular weight is 286 g/mol. The van der Waals surface area contributed by atoms with E-state index in [1.165, 1.54) is 0 Å². The third-order valence-corrected chi connectivity index (χ3v) is 3.86. The molecule has 0 aromatic carbocycles. The quantitative estimate of drug-likeness (QED) is 0.584. The number of hydrogen-bond acceptors (Lipinski definition) is 4. The molecule has 1 aliphatic rings. The highest BCUT2D eigenvalue weighted by Crippen LogP contribution is 2.19. The Bertz CT molecular complexity index is 322. The van der Waals surface area contributed by atoms with Crippen LogP contribution in [0.1, 0.15) is 45.4 Å². The summed E-state index contributed by atoms with van der Waals surface area (Å²) >= 11 is 0. The highest BCUT2D eigenvalue weighted by atomic mass is 16.5. The first kappa shape index (κ1) is 16.9. The highest BCUT2D eigenvalue weighted by Gasteiger charge is 2.29. The molecular weight excluding hydrogens is 260 g/mol. The lowest BCUT2D eigenvalue weighted by Gasteiger charge is -2.16. The molecule has 1 saturated heterocycles.